The Balaban J connectivity index is 1.15. The van der Waals surface area contributed by atoms with Gasteiger partial charge in [0.05, 0.1) is 13.2 Å². The van der Waals surface area contributed by atoms with Gasteiger partial charge in [-0.15, -0.1) is 0 Å². The number of amides is 2. The van der Waals surface area contributed by atoms with Gasteiger partial charge in [0, 0.05) is 54.6 Å². The van der Waals surface area contributed by atoms with Crippen molar-refractivity contribution in [3.8, 4) is 11.3 Å². The van der Waals surface area contributed by atoms with Crippen LogP contribution in [0.25, 0.3) is 16.8 Å². The van der Waals surface area contributed by atoms with Gasteiger partial charge in [-0.1, -0.05) is 12.1 Å². The highest BCUT2D eigenvalue weighted by Crippen LogP contribution is 2.38. The Hall–Kier alpha value is -4.38. The number of ether oxygens (including phenoxy) is 1. The van der Waals surface area contributed by atoms with Crippen molar-refractivity contribution in [1.29, 1.82) is 0 Å². The van der Waals surface area contributed by atoms with Crippen molar-refractivity contribution in [3.63, 3.8) is 0 Å². The van der Waals surface area contributed by atoms with Crippen LogP contribution >= 0.6 is 0 Å². The number of nitrogens with two attached hydrogens (primary N) is 1. The van der Waals surface area contributed by atoms with E-state index in [1.165, 1.54) is 12.3 Å². The van der Waals surface area contributed by atoms with Crippen molar-refractivity contribution in [2.75, 3.05) is 30.8 Å². The van der Waals surface area contributed by atoms with Crippen molar-refractivity contribution in [1.82, 2.24) is 24.3 Å². The van der Waals surface area contributed by atoms with Crippen LogP contribution in [-0.4, -0.2) is 61.9 Å². The van der Waals surface area contributed by atoms with Gasteiger partial charge < -0.3 is 20.7 Å². The van der Waals surface area contributed by atoms with E-state index in [0.717, 1.165) is 30.7 Å². The quantitative estimate of drug-likeness (QED) is 0.394. The Bertz CT molecular complexity index is 1630. The summed E-state index contributed by atoms with van der Waals surface area (Å²) in [6.45, 7) is 0.636. The van der Waals surface area contributed by atoms with Crippen molar-refractivity contribution in [2.24, 2.45) is 0 Å². The number of benzene rings is 1. The maximum atomic E-state index is 14.7. The molecule has 10 nitrogen and oxygen atoms in total. The van der Waals surface area contributed by atoms with E-state index >= 15 is 0 Å². The molecule has 2 atom stereocenters. The number of hydrogen-bond donors (Lipinski definition) is 2. The van der Waals surface area contributed by atoms with Crippen molar-refractivity contribution in [2.45, 2.75) is 43.3 Å². The molecule has 2 amide bonds. The lowest BCUT2D eigenvalue weighted by atomic mass is 9.92. The maximum Gasteiger partial charge on any atom is 0.256 e. The Labute approximate surface area is 229 Å². The number of alkyl halides is 1. The number of nitrogen functional groups attached to an aromatic ring is 1. The molecule has 3 aliphatic heterocycles. The highest BCUT2D eigenvalue weighted by atomic mass is 19.1. The molecule has 3 aliphatic rings. The number of nitrogens with zero attached hydrogens (tertiary/aromatic N) is 5. The number of rotatable bonds is 5. The molecule has 0 saturated carbocycles. The summed E-state index contributed by atoms with van der Waals surface area (Å²) >= 11 is 0. The predicted octanol–water partition coefficient (Wildman–Crippen LogP) is 3.69. The lowest BCUT2D eigenvalue weighted by Crippen LogP contribution is -2.42. The maximum absolute atomic E-state index is 14.7. The largest absolute Gasteiger partial charge is 0.382 e. The van der Waals surface area contributed by atoms with Crippen LogP contribution < -0.4 is 11.1 Å². The summed E-state index contributed by atoms with van der Waals surface area (Å²) in [7, 11) is 0. The molecule has 1 aromatic carbocycles. The van der Waals surface area contributed by atoms with Gasteiger partial charge in [0.25, 0.3) is 5.91 Å². The van der Waals surface area contributed by atoms with Gasteiger partial charge in [0.2, 0.25) is 5.91 Å². The first-order valence-electron chi connectivity index (χ1n) is 13.5. The first-order valence-corrected chi connectivity index (χ1v) is 13.5. The molecule has 6 heterocycles. The number of anilines is 2. The number of aromatic nitrogens is 4. The molecule has 0 unspecified atom stereocenters. The molecule has 0 aliphatic carbocycles. The Kier molecular flexibility index (Phi) is 5.77. The Morgan fingerprint density at radius 1 is 1.10 bits per heavy atom. The molecule has 0 bridgehead atoms. The van der Waals surface area contributed by atoms with Crippen LogP contribution in [0.4, 0.5) is 16.0 Å². The van der Waals surface area contributed by atoms with Crippen LogP contribution in [0.5, 0.6) is 0 Å². The minimum Gasteiger partial charge on any atom is -0.382 e. The number of nitrogens with one attached hydrogen (secondary N) is 1. The van der Waals surface area contributed by atoms with E-state index in [0.29, 0.717) is 47.2 Å². The minimum absolute atomic E-state index is 0.00597. The SMILES string of the molecule is Nc1nccn2c([C@@H]3CC[C@H]4CCC(=O)N4C3)nc(-c3ccc(C(=O)Nc4cc(C5(F)COC5)ccn4)cc3)c12. The van der Waals surface area contributed by atoms with Crippen LogP contribution in [0.3, 0.4) is 0 Å². The van der Waals surface area contributed by atoms with E-state index in [-0.39, 0.29) is 36.8 Å². The second-order valence-corrected chi connectivity index (χ2v) is 10.8. The fourth-order valence-corrected chi connectivity index (χ4v) is 6.05. The highest BCUT2D eigenvalue weighted by Gasteiger charge is 2.41. The fraction of sp³-hybridized carbons (Fsp3) is 0.345. The summed E-state index contributed by atoms with van der Waals surface area (Å²) < 4.78 is 21.7. The predicted molar refractivity (Wildman–Crippen MR) is 145 cm³/mol. The van der Waals surface area contributed by atoms with Crippen LogP contribution in [0.1, 0.15) is 53.3 Å². The zero-order valence-electron chi connectivity index (χ0n) is 21.7. The monoisotopic (exact) mass is 541 g/mol. The zero-order chi connectivity index (χ0) is 27.4. The topological polar surface area (TPSA) is 128 Å². The number of halogens is 1. The summed E-state index contributed by atoms with van der Waals surface area (Å²) in [6, 6.07) is 10.5. The van der Waals surface area contributed by atoms with Gasteiger partial charge >= 0.3 is 0 Å². The van der Waals surface area contributed by atoms with Gasteiger partial charge in [-0.25, -0.2) is 19.3 Å². The normalized spacial score (nSPS) is 21.7. The molecule has 3 aromatic heterocycles. The van der Waals surface area contributed by atoms with Gasteiger partial charge in [-0.2, -0.15) is 0 Å². The lowest BCUT2D eigenvalue weighted by Gasteiger charge is -2.34. The molecule has 3 fully saturated rings. The van der Waals surface area contributed by atoms with Gasteiger partial charge in [0.15, 0.2) is 5.67 Å². The lowest BCUT2D eigenvalue weighted by molar-refractivity contribution is -0.135. The number of carbonyl (C=O) groups excluding carboxylic acids is 2. The van der Waals surface area contributed by atoms with Crippen LogP contribution in [0.15, 0.2) is 55.0 Å². The second-order valence-electron chi connectivity index (χ2n) is 10.8. The van der Waals surface area contributed by atoms with Crippen molar-refractivity contribution < 1.29 is 18.7 Å². The molecule has 7 rings (SSSR count). The van der Waals surface area contributed by atoms with Gasteiger partial charge in [-0.3, -0.25) is 14.0 Å². The number of fused-ring (bicyclic) bond motifs is 2. The summed E-state index contributed by atoms with van der Waals surface area (Å²) in [6.07, 6.45) is 8.44. The highest BCUT2D eigenvalue weighted by molar-refractivity contribution is 6.04. The summed E-state index contributed by atoms with van der Waals surface area (Å²) in [5.74, 6) is 1.42. The molecule has 4 aromatic rings. The number of carbonyl (C=O) groups is 2. The summed E-state index contributed by atoms with van der Waals surface area (Å²) in [5, 5.41) is 2.75. The summed E-state index contributed by atoms with van der Waals surface area (Å²) in [4.78, 5) is 40.8. The van der Waals surface area contributed by atoms with Gasteiger partial charge in [0.1, 0.15) is 28.7 Å². The van der Waals surface area contributed by atoms with Crippen molar-refractivity contribution in [3.05, 3.63) is 71.9 Å². The van der Waals surface area contributed by atoms with E-state index in [1.807, 2.05) is 27.6 Å². The van der Waals surface area contributed by atoms with Crippen LogP contribution in [-0.2, 0) is 15.2 Å². The van der Waals surface area contributed by atoms with E-state index < -0.39 is 5.67 Å². The standard InChI is InChI=1S/C29H28FN7O3/c30-29(15-40-16-29)20-9-10-32-22(13-20)34-28(39)18-3-1-17(2-4-18)24-25-26(31)33-11-12-36(25)27(35-24)19-5-6-21-7-8-23(38)37(21)14-19/h1-4,9-13,19,21H,5-8,14-16H2,(H2,31,33)(H,32,34,39)/t19-,21+/m1/s1. The van der Waals surface area contributed by atoms with Crippen molar-refractivity contribution >= 4 is 29.0 Å². The third-order valence-corrected chi connectivity index (χ3v) is 8.29. The third-order valence-electron chi connectivity index (χ3n) is 8.29. The average molecular weight is 542 g/mol. The van der Waals surface area contributed by atoms with E-state index in [2.05, 4.69) is 15.3 Å². The van der Waals surface area contributed by atoms with E-state index in [9.17, 15) is 14.0 Å². The number of imidazole rings is 1. The fourth-order valence-electron chi connectivity index (χ4n) is 6.05. The Morgan fingerprint density at radius 2 is 1.93 bits per heavy atom. The smallest absolute Gasteiger partial charge is 0.256 e. The zero-order valence-corrected chi connectivity index (χ0v) is 21.7. The van der Waals surface area contributed by atoms with E-state index in [4.69, 9.17) is 15.5 Å². The number of hydrogen-bond acceptors (Lipinski definition) is 7. The first kappa shape index (κ1) is 24.6. The molecule has 204 valence electrons. The molecule has 40 heavy (non-hydrogen) atoms. The summed E-state index contributed by atoms with van der Waals surface area (Å²) in [5.41, 5.74) is 7.78. The van der Waals surface area contributed by atoms with E-state index in [1.54, 1.807) is 24.4 Å². The third kappa shape index (κ3) is 4.08. The second kappa shape index (κ2) is 9.37. The van der Waals surface area contributed by atoms with Gasteiger partial charge in [-0.05, 0) is 49.1 Å². The minimum atomic E-state index is -1.55. The number of piperidine rings is 1. The first-order chi connectivity index (χ1) is 19.4. The molecule has 11 heteroatoms. The molecular formula is C29H28FN7O3. The molecule has 0 radical (unpaired) electrons. The average Bonchev–Trinajstić information content (AvgIpc) is 3.53. The Morgan fingerprint density at radius 3 is 2.70 bits per heavy atom. The molecule has 3 N–H and O–H groups in total. The molecular weight excluding hydrogens is 513 g/mol. The number of pyridine rings is 1. The molecule has 3 saturated heterocycles. The molecule has 0 spiro atoms. The van der Waals surface area contributed by atoms with Crippen LogP contribution in [0.2, 0.25) is 0 Å². The van der Waals surface area contributed by atoms with Crippen LogP contribution in [0, 0.1) is 0 Å².